The maximum absolute atomic E-state index is 12.6. The molecule has 1 aromatic rings. The van der Waals surface area contributed by atoms with Crippen LogP contribution in [0.25, 0.3) is 0 Å². The molecule has 1 fully saturated rings. The van der Waals surface area contributed by atoms with Gasteiger partial charge in [0.2, 0.25) is 0 Å². The van der Waals surface area contributed by atoms with E-state index >= 15 is 0 Å². The van der Waals surface area contributed by atoms with E-state index in [2.05, 4.69) is 9.64 Å². The number of likely N-dealkylation sites (tertiary alicyclic amines) is 1. The molecule has 194 valence electrons. The number of halogens is 6. The second kappa shape index (κ2) is 12.7. The molecule has 3 atom stereocenters. The Kier molecular flexibility index (Phi) is 10.5. The lowest BCUT2D eigenvalue weighted by Crippen LogP contribution is -2.44. The van der Waals surface area contributed by atoms with Crippen molar-refractivity contribution >= 4 is 5.97 Å². The van der Waals surface area contributed by atoms with E-state index < -0.39 is 24.9 Å². The van der Waals surface area contributed by atoms with Crippen molar-refractivity contribution in [1.82, 2.24) is 4.90 Å². The first-order valence-corrected chi connectivity index (χ1v) is 11.8. The van der Waals surface area contributed by atoms with Crippen LogP contribution in [0.3, 0.4) is 0 Å². The summed E-state index contributed by atoms with van der Waals surface area (Å²) in [4.78, 5) is 13.5. The van der Waals surface area contributed by atoms with Crippen molar-refractivity contribution in [1.29, 1.82) is 0 Å². The summed E-state index contributed by atoms with van der Waals surface area (Å²) in [6.07, 6.45) is -4.91. The van der Waals surface area contributed by atoms with Crippen LogP contribution in [0.2, 0.25) is 0 Å². The quantitative estimate of drug-likeness (QED) is 0.240. The van der Waals surface area contributed by atoms with Gasteiger partial charge in [0.05, 0.1) is 0 Å². The van der Waals surface area contributed by atoms with Gasteiger partial charge in [0.15, 0.2) is 0 Å². The highest BCUT2D eigenvalue weighted by Crippen LogP contribution is 2.40. The first-order valence-electron chi connectivity index (χ1n) is 11.8. The number of hydrogen-bond acceptors (Lipinski definition) is 3. The Hall–Kier alpha value is -1.97. The van der Waals surface area contributed by atoms with E-state index in [1.165, 1.54) is 12.1 Å². The van der Waals surface area contributed by atoms with Gasteiger partial charge >= 0.3 is 18.5 Å². The lowest BCUT2D eigenvalue weighted by atomic mass is 9.83. The molecule has 0 saturated carbocycles. The smallest absolute Gasteiger partial charge is 0.481 e. The number of hydrogen-bond donors (Lipinski definition) is 1. The molecule has 1 heterocycles. The number of piperidine rings is 1. The summed E-state index contributed by atoms with van der Waals surface area (Å²) < 4.78 is 79.2. The second-order valence-electron chi connectivity index (χ2n) is 9.02. The van der Waals surface area contributed by atoms with E-state index in [1.54, 1.807) is 12.1 Å². The second-order valence-corrected chi connectivity index (χ2v) is 9.02. The number of carbonyl (C=O) groups is 1. The van der Waals surface area contributed by atoms with Gasteiger partial charge in [-0.1, -0.05) is 38.3 Å². The lowest BCUT2D eigenvalue weighted by molar-refractivity contribution is -0.274. The molecule has 0 aromatic heterocycles. The van der Waals surface area contributed by atoms with E-state index in [9.17, 15) is 36.2 Å². The fraction of sp³-hybridized carbons (Fsp3) is 0.708. The molecular formula is C24H33F6NO3. The SMILES string of the molecule is CCCC[C@@H](CCCCC(F)(F)F)N1CC[C@@H](CC(=O)O)C[C@H]1c1ccc(OC(F)(F)F)cc1. The first-order chi connectivity index (χ1) is 15.9. The molecule has 34 heavy (non-hydrogen) atoms. The molecule has 0 aliphatic carbocycles. The highest BCUT2D eigenvalue weighted by molar-refractivity contribution is 5.67. The minimum Gasteiger partial charge on any atom is -0.481 e. The van der Waals surface area contributed by atoms with Crippen LogP contribution in [-0.2, 0) is 4.79 Å². The van der Waals surface area contributed by atoms with Gasteiger partial charge in [0, 0.05) is 24.9 Å². The Morgan fingerprint density at radius 1 is 1.09 bits per heavy atom. The molecule has 0 radical (unpaired) electrons. The summed E-state index contributed by atoms with van der Waals surface area (Å²) in [5, 5.41) is 9.24. The number of aliphatic carboxylic acids is 1. The summed E-state index contributed by atoms with van der Waals surface area (Å²) in [7, 11) is 0. The van der Waals surface area contributed by atoms with Crippen molar-refractivity contribution in [2.45, 2.75) is 95.8 Å². The normalized spacial score (nSPS) is 20.8. The van der Waals surface area contributed by atoms with Crippen LogP contribution in [0.1, 0.15) is 82.7 Å². The Labute approximate surface area is 196 Å². The van der Waals surface area contributed by atoms with Gasteiger partial charge in [-0.3, -0.25) is 9.69 Å². The van der Waals surface area contributed by atoms with Crippen LogP contribution >= 0.6 is 0 Å². The fourth-order valence-electron chi connectivity index (χ4n) is 4.77. The highest BCUT2D eigenvalue weighted by Gasteiger charge is 2.35. The fourth-order valence-corrected chi connectivity index (χ4v) is 4.77. The van der Waals surface area contributed by atoms with Crippen molar-refractivity contribution in [3.8, 4) is 5.75 Å². The Morgan fingerprint density at radius 3 is 2.29 bits per heavy atom. The van der Waals surface area contributed by atoms with Crippen molar-refractivity contribution in [3.05, 3.63) is 29.8 Å². The van der Waals surface area contributed by atoms with Crippen molar-refractivity contribution < 1.29 is 41.0 Å². The van der Waals surface area contributed by atoms with E-state index in [-0.39, 0.29) is 36.6 Å². The van der Waals surface area contributed by atoms with E-state index in [4.69, 9.17) is 0 Å². The Morgan fingerprint density at radius 2 is 1.74 bits per heavy atom. The van der Waals surface area contributed by atoms with Gasteiger partial charge in [-0.2, -0.15) is 13.2 Å². The van der Waals surface area contributed by atoms with Gasteiger partial charge in [0.25, 0.3) is 0 Å². The van der Waals surface area contributed by atoms with Crippen LogP contribution in [0.15, 0.2) is 24.3 Å². The molecule has 1 aliphatic rings. The van der Waals surface area contributed by atoms with Crippen LogP contribution in [0.4, 0.5) is 26.3 Å². The van der Waals surface area contributed by atoms with Crippen molar-refractivity contribution in [2.24, 2.45) is 5.92 Å². The molecule has 2 rings (SSSR count). The predicted octanol–water partition coefficient (Wildman–Crippen LogP) is 7.49. The third kappa shape index (κ3) is 10.1. The summed E-state index contributed by atoms with van der Waals surface area (Å²) in [5.74, 6) is -1.32. The van der Waals surface area contributed by atoms with Crippen LogP contribution in [-0.4, -0.2) is 41.1 Å². The number of benzene rings is 1. The summed E-state index contributed by atoms with van der Waals surface area (Å²) in [6, 6.07) is 5.40. The number of ether oxygens (including phenoxy) is 1. The molecule has 0 spiro atoms. The predicted molar refractivity (Wildman–Crippen MR) is 115 cm³/mol. The van der Waals surface area contributed by atoms with Crippen LogP contribution in [0, 0.1) is 5.92 Å². The number of nitrogens with zero attached hydrogens (tertiary/aromatic N) is 1. The van der Waals surface area contributed by atoms with E-state index in [0.717, 1.165) is 24.8 Å². The zero-order valence-electron chi connectivity index (χ0n) is 19.3. The first kappa shape index (κ1) is 28.3. The Balaban J connectivity index is 2.21. The molecule has 0 unspecified atom stereocenters. The third-order valence-corrected chi connectivity index (χ3v) is 6.32. The lowest BCUT2D eigenvalue weighted by Gasteiger charge is -2.44. The standard InChI is InChI=1S/C24H33F6NO3/c1-2-3-6-19(7-4-5-13-23(25,26)27)31-14-12-17(16-22(32)33)15-21(31)18-8-10-20(11-9-18)34-24(28,29)30/h8-11,17,19,21H,2-7,12-16H2,1H3,(H,32,33)/t17-,19+,21+/m1/s1. The van der Waals surface area contributed by atoms with Crippen LogP contribution < -0.4 is 4.74 Å². The van der Waals surface area contributed by atoms with Crippen molar-refractivity contribution in [3.63, 3.8) is 0 Å². The Bertz CT molecular complexity index is 751. The zero-order valence-corrected chi connectivity index (χ0v) is 19.3. The largest absolute Gasteiger partial charge is 0.573 e. The van der Waals surface area contributed by atoms with E-state index in [1.807, 2.05) is 6.92 Å². The minimum absolute atomic E-state index is 0.00478. The molecule has 4 nitrogen and oxygen atoms in total. The van der Waals surface area contributed by atoms with Crippen molar-refractivity contribution in [2.75, 3.05) is 6.54 Å². The molecule has 10 heteroatoms. The molecule has 0 bridgehead atoms. The molecule has 1 aliphatic heterocycles. The van der Waals surface area contributed by atoms with E-state index in [0.29, 0.717) is 32.2 Å². The summed E-state index contributed by atoms with van der Waals surface area (Å²) in [6.45, 7) is 2.63. The van der Waals surface area contributed by atoms with Crippen LogP contribution in [0.5, 0.6) is 5.75 Å². The van der Waals surface area contributed by atoms with Gasteiger partial charge in [0.1, 0.15) is 5.75 Å². The molecule has 0 amide bonds. The van der Waals surface area contributed by atoms with Gasteiger partial charge in [-0.15, -0.1) is 13.2 Å². The number of rotatable bonds is 12. The average molecular weight is 498 g/mol. The van der Waals surface area contributed by atoms with Gasteiger partial charge < -0.3 is 9.84 Å². The molecular weight excluding hydrogens is 464 g/mol. The van der Waals surface area contributed by atoms with Gasteiger partial charge in [-0.05, 0) is 62.3 Å². The molecule has 1 saturated heterocycles. The molecule has 1 aromatic carbocycles. The summed E-state index contributed by atoms with van der Waals surface area (Å²) in [5.41, 5.74) is 0.751. The monoisotopic (exact) mass is 497 g/mol. The summed E-state index contributed by atoms with van der Waals surface area (Å²) >= 11 is 0. The maximum atomic E-state index is 12.6. The molecule has 1 N–H and O–H groups in total. The number of alkyl halides is 6. The highest BCUT2D eigenvalue weighted by atomic mass is 19.4. The average Bonchev–Trinajstić information content (AvgIpc) is 2.72. The minimum atomic E-state index is -4.80. The third-order valence-electron chi connectivity index (χ3n) is 6.32. The number of unbranched alkanes of at least 4 members (excludes halogenated alkanes) is 2. The number of carboxylic acids is 1. The topological polar surface area (TPSA) is 49.8 Å². The van der Waals surface area contributed by atoms with Gasteiger partial charge in [-0.25, -0.2) is 0 Å². The number of carboxylic acid groups (broad SMARTS) is 1. The zero-order chi connectivity index (χ0) is 25.4. The maximum Gasteiger partial charge on any atom is 0.573 e.